The van der Waals surface area contributed by atoms with Crippen LogP contribution >= 0.6 is 0 Å². The largest absolute Gasteiger partial charge is 0.497 e. The molecule has 0 amide bonds. The lowest BCUT2D eigenvalue weighted by molar-refractivity contribution is -0.138. The van der Waals surface area contributed by atoms with Gasteiger partial charge >= 0.3 is 6.18 Å². The molecule has 96 valence electrons. The molecule has 0 spiro atoms. The Balaban J connectivity index is 2.57. The molecule has 0 atom stereocenters. The second kappa shape index (κ2) is 4.14. The van der Waals surface area contributed by atoms with Crippen molar-refractivity contribution in [1.29, 1.82) is 0 Å². The summed E-state index contributed by atoms with van der Waals surface area (Å²) in [5.41, 5.74) is -1.84. The van der Waals surface area contributed by atoms with Crippen LogP contribution in [-0.2, 0) is 16.5 Å². The molecular formula is C12H10F3NO2. The van der Waals surface area contributed by atoms with Crippen LogP contribution in [-0.4, -0.2) is 13.2 Å². The summed E-state index contributed by atoms with van der Waals surface area (Å²) in [5, 5.41) is 0. The maximum Gasteiger partial charge on any atom is 0.416 e. The van der Waals surface area contributed by atoms with Crippen molar-refractivity contribution in [2.75, 3.05) is 7.11 Å². The molecule has 0 heterocycles. The number of alkyl halides is 3. The highest BCUT2D eigenvalue weighted by Gasteiger charge is 2.50. The SMILES string of the molecule is COc1ccc(C2(N=C=O)CC2)c(C(F)(F)F)c1. The number of rotatable bonds is 3. The fourth-order valence-electron chi connectivity index (χ4n) is 1.94. The first-order chi connectivity index (χ1) is 8.43. The molecular weight excluding hydrogens is 247 g/mol. The number of hydrogen-bond donors (Lipinski definition) is 0. The molecule has 0 radical (unpaired) electrons. The minimum Gasteiger partial charge on any atom is -0.497 e. The van der Waals surface area contributed by atoms with Crippen molar-refractivity contribution >= 4 is 6.08 Å². The van der Waals surface area contributed by atoms with Crippen LogP contribution in [0.4, 0.5) is 13.2 Å². The van der Waals surface area contributed by atoms with Gasteiger partial charge < -0.3 is 4.74 Å². The van der Waals surface area contributed by atoms with Crippen LogP contribution in [0.1, 0.15) is 24.0 Å². The van der Waals surface area contributed by atoms with E-state index in [1.165, 1.54) is 25.3 Å². The first-order valence-electron chi connectivity index (χ1n) is 5.28. The number of halogens is 3. The number of hydrogen-bond acceptors (Lipinski definition) is 3. The van der Waals surface area contributed by atoms with Crippen molar-refractivity contribution in [3.05, 3.63) is 29.3 Å². The minimum absolute atomic E-state index is 0.0131. The van der Waals surface area contributed by atoms with Gasteiger partial charge in [0.2, 0.25) is 6.08 Å². The van der Waals surface area contributed by atoms with Crippen LogP contribution in [0, 0.1) is 0 Å². The molecule has 0 unspecified atom stereocenters. The van der Waals surface area contributed by atoms with Crippen LogP contribution in [0.5, 0.6) is 5.75 Å². The molecule has 1 aromatic rings. The summed E-state index contributed by atoms with van der Waals surface area (Å²) in [6.45, 7) is 0. The summed E-state index contributed by atoms with van der Waals surface area (Å²) in [4.78, 5) is 13.8. The Kier molecular flexibility index (Phi) is 2.91. The average molecular weight is 257 g/mol. The van der Waals surface area contributed by atoms with Gasteiger partial charge in [0.15, 0.2) is 0 Å². The zero-order valence-electron chi connectivity index (χ0n) is 9.54. The van der Waals surface area contributed by atoms with Gasteiger partial charge in [-0.2, -0.15) is 18.2 Å². The third-order valence-electron chi connectivity index (χ3n) is 3.02. The Bertz CT molecular complexity index is 515. The van der Waals surface area contributed by atoms with Crippen molar-refractivity contribution < 1.29 is 22.7 Å². The van der Waals surface area contributed by atoms with Crippen molar-refractivity contribution in [3.63, 3.8) is 0 Å². The highest BCUT2D eigenvalue weighted by Crippen LogP contribution is 2.53. The number of isocyanates is 1. The van der Waals surface area contributed by atoms with Crippen molar-refractivity contribution in [1.82, 2.24) is 0 Å². The third kappa shape index (κ3) is 2.11. The molecule has 0 saturated heterocycles. The van der Waals surface area contributed by atoms with Gasteiger partial charge in [0, 0.05) is 0 Å². The van der Waals surface area contributed by atoms with E-state index in [1.807, 2.05) is 0 Å². The first-order valence-corrected chi connectivity index (χ1v) is 5.28. The summed E-state index contributed by atoms with van der Waals surface area (Å²) in [7, 11) is 1.30. The van der Waals surface area contributed by atoms with Gasteiger partial charge in [0.25, 0.3) is 0 Å². The van der Waals surface area contributed by atoms with Crippen LogP contribution in [0.15, 0.2) is 23.2 Å². The molecule has 1 aromatic carbocycles. The van der Waals surface area contributed by atoms with Crippen molar-refractivity contribution in [3.8, 4) is 5.75 Å². The van der Waals surface area contributed by atoms with Crippen LogP contribution in [0.3, 0.4) is 0 Å². The van der Waals surface area contributed by atoms with Gasteiger partial charge in [-0.25, -0.2) is 4.79 Å². The maximum absolute atomic E-state index is 13.0. The molecule has 0 aromatic heterocycles. The van der Waals surface area contributed by atoms with Gasteiger partial charge in [-0.3, -0.25) is 0 Å². The Hall–Kier alpha value is -1.81. The van der Waals surface area contributed by atoms with Gasteiger partial charge in [0.05, 0.1) is 18.2 Å². The third-order valence-corrected chi connectivity index (χ3v) is 3.02. The molecule has 1 saturated carbocycles. The Morgan fingerprint density at radius 2 is 2.06 bits per heavy atom. The lowest BCUT2D eigenvalue weighted by Crippen LogP contribution is -2.15. The highest BCUT2D eigenvalue weighted by molar-refractivity contribution is 5.47. The fourth-order valence-corrected chi connectivity index (χ4v) is 1.94. The molecule has 1 aliphatic rings. The summed E-state index contributed by atoms with van der Waals surface area (Å²) < 4.78 is 43.7. The zero-order chi connectivity index (χ0) is 13.4. The molecule has 0 bridgehead atoms. The summed E-state index contributed by atoms with van der Waals surface area (Å²) >= 11 is 0. The monoisotopic (exact) mass is 257 g/mol. The standard InChI is InChI=1S/C12H10F3NO2/c1-18-8-2-3-9(10(6-8)12(13,14)15)11(4-5-11)16-7-17/h2-3,6H,4-5H2,1H3. The van der Waals surface area contributed by atoms with E-state index in [1.54, 1.807) is 0 Å². The predicted molar refractivity (Wildman–Crippen MR) is 57.0 cm³/mol. The Morgan fingerprint density at radius 1 is 1.39 bits per heavy atom. The second-order valence-electron chi connectivity index (χ2n) is 4.14. The van der Waals surface area contributed by atoms with Crippen LogP contribution < -0.4 is 4.74 Å². The highest BCUT2D eigenvalue weighted by atomic mass is 19.4. The minimum atomic E-state index is -4.50. The number of nitrogens with zero attached hydrogens (tertiary/aromatic N) is 1. The molecule has 0 N–H and O–H groups in total. The number of ether oxygens (including phenoxy) is 1. The van der Waals surface area contributed by atoms with E-state index < -0.39 is 17.3 Å². The molecule has 2 rings (SSSR count). The predicted octanol–water partition coefficient (Wildman–Crippen LogP) is 3.04. The van der Waals surface area contributed by atoms with E-state index in [0.717, 1.165) is 6.07 Å². The Labute approximate surface area is 101 Å². The van der Waals surface area contributed by atoms with Gasteiger partial charge in [-0.15, -0.1) is 0 Å². The second-order valence-corrected chi connectivity index (χ2v) is 4.14. The number of benzene rings is 1. The molecule has 18 heavy (non-hydrogen) atoms. The van der Waals surface area contributed by atoms with Crippen LogP contribution in [0.25, 0.3) is 0 Å². The van der Waals surface area contributed by atoms with E-state index in [2.05, 4.69) is 4.99 Å². The lowest BCUT2D eigenvalue weighted by atomic mass is 9.98. The van der Waals surface area contributed by atoms with Crippen molar-refractivity contribution in [2.24, 2.45) is 4.99 Å². The van der Waals surface area contributed by atoms with E-state index in [-0.39, 0.29) is 11.3 Å². The van der Waals surface area contributed by atoms with E-state index in [0.29, 0.717) is 12.8 Å². The summed E-state index contributed by atoms with van der Waals surface area (Å²) in [5.74, 6) is 0.122. The number of aliphatic imine (C=N–C) groups is 1. The normalized spacial score (nSPS) is 16.9. The summed E-state index contributed by atoms with van der Waals surface area (Å²) in [6, 6.07) is 3.68. The smallest absolute Gasteiger partial charge is 0.416 e. The quantitative estimate of drug-likeness (QED) is 0.616. The topological polar surface area (TPSA) is 38.7 Å². The van der Waals surface area contributed by atoms with Gasteiger partial charge in [0.1, 0.15) is 5.75 Å². The summed E-state index contributed by atoms with van der Waals surface area (Å²) in [6.07, 6.45) is -2.29. The lowest BCUT2D eigenvalue weighted by Gasteiger charge is -2.17. The Morgan fingerprint density at radius 3 is 2.50 bits per heavy atom. The molecule has 6 heteroatoms. The van der Waals surface area contributed by atoms with E-state index in [4.69, 9.17) is 4.74 Å². The van der Waals surface area contributed by atoms with Crippen LogP contribution in [0.2, 0.25) is 0 Å². The molecule has 3 nitrogen and oxygen atoms in total. The number of methoxy groups -OCH3 is 1. The van der Waals surface area contributed by atoms with Gasteiger partial charge in [-0.1, -0.05) is 6.07 Å². The van der Waals surface area contributed by atoms with Gasteiger partial charge in [-0.05, 0) is 30.5 Å². The van der Waals surface area contributed by atoms with E-state index in [9.17, 15) is 18.0 Å². The molecule has 0 aliphatic heterocycles. The maximum atomic E-state index is 13.0. The average Bonchev–Trinajstić information content (AvgIpc) is 3.08. The first kappa shape index (κ1) is 12.6. The number of carbonyl (C=O) groups excluding carboxylic acids is 1. The molecule has 1 aliphatic carbocycles. The fraction of sp³-hybridized carbons (Fsp3) is 0.417. The molecule has 1 fully saturated rings. The van der Waals surface area contributed by atoms with Crippen molar-refractivity contribution in [2.45, 2.75) is 24.6 Å². The van der Waals surface area contributed by atoms with E-state index >= 15 is 0 Å². The zero-order valence-corrected chi connectivity index (χ0v) is 9.54.